The Morgan fingerprint density at radius 3 is 2.70 bits per heavy atom. The normalized spacial score (nSPS) is 16.3. The zero-order valence-corrected chi connectivity index (χ0v) is 16.6. The number of Topliss-reactive ketones (excluding diaryl/α,β-unsaturated/α-hetero) is 1. The van der Waals surface area contributed by atoms with Gasteiger partial charge in [-0.1, -0.05) is 25.1 Å². The molecule has 1 amide bonds. The maximum absolute atomic E-state index is 12.4. The molecular weight excluding hydrogens is 380 g/mol. The van der Waals surface area contributed by atoms with E-state index in [0.29, 0.717) is 34.6 Å². The number of rotatable bonds is 6. The molecule has 3 aromatic rings. The van der Waals surface area contributed by atoms with Gasteiger partial charge in [-0.3, -0.25) is 14.6 Å². The Kier molecular flexibility index (Phi) is 5.48. The molecule has 0 fully saturated rings. The van der Waals surface area contributed by atoms with Crippen molar-refractivity contribution in [3.05, 3.63) is 89.2 Å². The van der Waals surface area contributed by atoms with Crippen LogP contribution in [0, 0.1) is 0 Å². The van der Waals surface area contributed by atoms with E-state index in [4.69, 9.17) is 15.2 Å². The molecule has 2 N–H and O–H groups in total. The van der Waals surface area contributed by atoms with Crippen molar-refractivity contribution in [2.24, 2.45) is 5.73 Å². The van der Waals surface area contributed by atoms with Crippen molar-refractivity contribution in [1.82, 2.24) is 4.98 Å². The molecule has 2 aromatic carbocycles. The number of hydrogen-bond donors (Lipinski definition) is 1. The van der Waals surface area contributed by atoms with E-state index in [1.165, 1.54) is 0 Å². The summed E-state index contributed by atoms with van der Waals surface area (Å²) in [6.45, 7) is 1.99. The molecule has 0 saturated carbocycles. The van der Waals surface area contributed by atoms with Crippen LogP contribution in [0.25, 0.3) is 0 Å². The minimum Gasteiger partial charge on any atom is -0.489 e. The van der Waals surface area contributed by atoms with E-state index >= 15 is 0 Å². The first-order valence-electron chi connectivity index (χ1n) is 9.86. The van der Waals surface area contributed by atoms with Crippen LogP contribution in [-0.4, -0.2) is 22.8 Å². The van der Waals surface area contributed by atoms with Gasteiger partial charge in [-0.05, 0) is 42.3 Å². The zero-order valence-electron chi connectivity index (χ0n) is 16.6. The quantitative estimate of drug-likeness (QED) is 0.670. The Morgan fingerprint density at radius 2 is 1.97 bits per heavy atom. The molecule has 4 rings (SSSR count). The molecule has 30 heavy (non-hydrogen) atoms. The predicted octanol–water partition coefficient (Wildman–Crippen LogP) is 4.09. The third-order valence-electron chi connectivity index (χ3n) is 5.19. The van der Waals surface area contributed by atoms with E-state index < -0.39 is 12.0 Å². The molecule has 2 heterocycles. The first kappa shape index (κ1) is 19.6. The van der Waals surface area contributed by atoms with Gasteiger partial charge in [-0.15, -0.1) is 0 Å². The van der Waals surface area contributed by atoms with Crippen molar-refractivity contribution in [2.75, 3.05) is 0 Å². The second-order valence-corrected chi connectivity index (χ2v) is 7.16. The maximum atomic E-state index is 12.4. The highest BCUT2D eigenvalue weighted by Crippen LogP contribution is 2.36. The van der Waals surface area contributed by atoms with Crippen LogP contribution in [-0.2, 0) is 0 Å². The molecule has 1 aliphatic rings. The van der Waals surface area contributed by atoms with Crippen molar-refractivity contribution < 1.29 is 19.1 Å². The number of carbonyl (C=O) groups is 2. The van der Waals surface area contributed by atoms with E-state index in [9.17, 15) is 9.59 Å². The fraction of sp³-hybridized carbons (Fsp3) is 0.208. The second kappa shape index (κ2) is 8.37. The summed E-state index contributed by atoms with van der Waals surface area (Å²) in [5.41, 5.74) is 8.01. The molecule has 1 aliphatic heterocycles. The first-order valence-corrected chi connectivity index (χ1v) is 9.86. The molecule has 0 unspecified atom stereocenters. The fourth-order valence-corrected chi connectivity index (χ4v) is 3.60. The van der Waals surface area contributed by atoms with Gasteiger partial charge in [0.15, 0.2) is 5.78 Å². The fourth-order valence-electron chi connectivity index (χ4n) is 3.60. The molecule has 0 bridgehead atoms. The Labute approximate surface area is 174 Å². The van der Waals surface area contributed by atoms with Gasteiger partial charge in [0.2, 0.25) is 5.91 Å². The summed E-state index contributed by atoms with van der Waals surface area (Å²) in [6, 6.07) is 15.9. The van der Waals surface area contributed by atoms with Crippen LogP contribution in [0.5, 0.6) is 11.5 Å². The number of nitrogens with two attached hydrogens (primary N) is 1. The topological polar surface area (TPSA) is 91.5 Å². The Balaban J connectivity index is 1.74. The van der Waals surface area contributed by atoms with Gasteiger partial charge in [0.05, 0.1) is 5.56 Å². The number of hydrogen-bond acceptors (Lipinski definition) is 5. The molecule has 6 nitrogen and oxygen atoms in total. The van der Waals surface area contributed by atoms with Gasteiger partial charge in [-0.25, -0.2) is 0 Å². The number of amides is 1. The van der Waals surface area contributed by atoms with Gasteiger partial charge in [-0.2, -0.15) is 0 Å². The average Bonchev–Trinajstić information content (AvgIpc) is 2.77. The van der Waals surface area contributed by atoms with Crippen LogP contribution in [0.15, 0.2) is 67.0 Å². The molecule has 0 radical (unpaired) electrons. The maximum Gasteiger partial charge on any atom is 0.249 e. The molecule has 0 spiro atoms. The summed E-state index contributed by atoms with van der Waals surface area (Å²) in [5, 5.41) is 0. The van der Waals surface area contributed by atoms with E-state index in [1.807, 2.05) is 31.2 Å². The third kappa shape index (κ3) is 3.89. The lowest BCUT2D eigenvalue weighted by atomic mass is 9.96. The lowest BCUT2D eigenvalue weighted by Gasteiger charge is -2.26. The van der Waals surface area contributed by atoms with Crippen LogP contribution >= 0.6 is 0 Å². The molecule has 1 aromatic heterocycles. The van der Waals surface area contributed by atoms with Gasteiger partial charge < -0.3 is 15.2 Å². The molecule has 2 atom stereocenters. The van der Waals surface area contributed by atoms with Crippen LogP contribution < -0.4 is 15.2 Å². The summed E-state index contributed by atoms with van der Waals surface area (Å²) >= 11 is 0. The van der Waals surface area contributed by atoms with Crippen LogP contribution in [0.3, 0.4) is 0 Å². The predicted molar refractivity (Wildman–Crippen MR) is 112 cm³/mol. The van der Waals surface area contributed by atoms with Crippen molar-refractivity contribution in [2.45, 2.75) is 32.0 Å². The van der Waals surface area contributed by atoms with E-state index in [2.05, 4.69) is 4.98 Å². The summed E-state index contributed by atoms with van der Waals surface area (Å²) in [6.07, 6.45) is 3.75. The molecule has 0 aliphatic carbocycles. The summed E-state index contributed by atoms with van der Waals surface area (Å²) in [4.78, 5) is 28.4. The highest BCUT2D eigenvalue weighted by Gasteiger charge is 2.27. The monoisotopic (exact) mass is 402 g/mol. The number of ether oxygens (including phenoxy) is 2. The zero-order chi connectivity index (χ0) is 21.1. The lowest BCUT2D eigenvalue weighted by molar-refractivity contribution is 0.0843. The van der Waals surface area contributed by atoms with Crippen LogP contribution in [0.1, 0.15) is 57.7 Å². The minimum atomic E-state index is -0.587. The van der Waals surface area contributed by atoms with Crippen LogP contribution in [0.4, 0.5) is 0 Å². The van der Waals surface area contributed by atoms with Crippen molar-refractivity contribution >= 4 is 11.7 Å². The van der Waals surface area contributed by atoms with Crippen molar-refractivity contribution in [3.63, 3.8) is 0 Å². The number of pyridine rings is 1. The Bertz CT molecular complexity index is 1080. The smallest absolute Gasteiger partial charge is 0.249 e. The number of nitrogens with zero attached hydrogens (tertiary/aromatic N) is 1. The number of aromatic nitrogens is 1. The third-order valence-corrected chi connectivity index (χ3v) is 5.19. The SMILES string of the molecule is CC[C@@H]1CC(=O)c2ccc(O[C@H](c3ccncc3)c3ccccc3C(N)=O)cc2O1. The Hall–Kier alpha value is -3.67. The van der Waals surface area contributed by atoms with E-state index in [-0.39, 0.29) is 11.9 Å². The molecule has 0 saturated heterocycles. The van der Waals surface area contributed by atoms with E-state index in [0.717, 1.165) is 12.0 Å². The molecular formula is C24H22N2O4. The van der Waals surface area contributed by atoms with E-state index in [1.54, 1.807) is 42.7 Å². The highest BCUT2D eigenvalue weighted by molar-refractivity contribution is 6.00. The second-order valence-electron chi connectivity index (χ2n) is 7.16. The first-order chi connectivity index (χ1) is 14.6. The van der Waals surface area contributed by atoms with Gasteiger partial charge in [0.25, 0.3) is 0 Å². The minimum absolute atomic E-state index is 0.0689. The van der Waals surface area contributed by atoms with Gasteiger partial charge in [0.1, 0.15) is 23.7 Å². The van der Waals surface area contributed by atoms with Crippen molar-refractivity contribution in [1.29, 1.82) is 0 Å². The van der Waals surface area contributed by atoms with Gasteiger partial charge in [0, 0.05) is 36.0 Å². The number of carbonyl (C=O) groups excluding carboxylic acids is 2. The van der Waals surface area contributed by atoms with Gasteiger partial charge >= 0.3 is 0 Å². The van der Waals surface area contributed by atoms with Crippen LogP contribution in [0.2, 0.25) is 0 Å². The summed E-state index contributed by atoms with van der Waals surface area (Å²) in [5.74, 6) is 0.587. The highest BCUT2D eigenvalue weighted by atomic mass is 16.5. The number of ketones is 1. The number of primary amides is 1. The average molecular weight is 402 g/mol. The number of fused-ring (bicyclic) bond motifs is 1. The number of benzene rings is 2. The molecule has 6 heteroatoms. The summed E-state index contributed by atoms with van der Waals surface area (Å²) < 4.78 is 12.3. The summed E-state index contributed by atoms with van der Waals surface area (Å²) in [7, 11) is 0. The standard InChI is InChI=1S/C24H22N2O4/c1-2-16-13-21(27)20-8-7-17(14-22(20)29-16)30-23(15-9-11-26-12-10-15)18-5-3-4-6-19(18)24(25)28/h3-12,14,16,23H,2,13H2,1H3,(H2,25,28)/t16-,23-/m1/s1. The van der Waals surface area contributed by atoms with Crippen molar-refractivity contribution in [3.8, 4) is 11.5 Å². The Morgan fingerprint density at radius 1 is 1.20 bits per heavy atom. The largest absolute Gasteiger partial charge is 0.489 e. The lowest BCUT2D eigenvalue weighted by Crippen LogP contribution is -2.26. The molecule has 152 valence electrons.